The minimum atomic E-state index is -0.0935. The van der Waals surface area contributed by atoms with E-state index in [1.165, 1.54) is 25.7 Å². The van der Waals surface area contributed by atoms with Gasteiger partial charge in [0.1, 0.15) is 0 Å². The third-order valence-electron chi connectivity index (χ3n) is 3.67. The first kappa shape index (κ1) is 11.4. The van der Waals surface area contributed by atoms with Crippen molar-refractivity contribution in [2.24, 2.45) is 17.8 Å². The number of rotatable bonds is 8. The highest BCUT2D eigenvalue weighted by Gasteiger charge is 2.40. The minimum Gasteiger partial charge on any atom is -0.355 e. The quantitative estimate of drug-likeness (QED) is 0.622. The Bertz CT molecular complexity index is 174. The molecule has 2 aliphatic carbocycles. The molecule has 0 radical (unpaired) electrons. The van der Waals surface area contributed by atoms with E-state index >= 15 is 0 Å². The molecule has 3 heteroatoms. The van der Waals surface area contributed by atoms with E-state index in [4.69, 9.17) is 9.47 Å². The van der Waals surface area contributed by atoms with Gasteiger partial charge >= 0.3 is 0 Å². The van der Waals surface area contributed by atoms with Gasteiger partial charge in [-0.1, -0.05) is 0 Å². The molecule has 88 valence electrons. The first-order valence-corrected chi connectivity index (χ1v) is 6.11. The van der Waals surface area contributed by atoms with Crippen molar-refractivity contribution in [3.05, 3.63) is 0 Å². The lowest BCUT2D eigenvalue weighted by Crippen LogP contribution is -2.34. The highest BCUT2D eigenvalue weighted by Crippen LogP contribution is 2.48. The molecule has 0 unspecified atom stereocenters. The second-order valence-electron chi connectivity index (χ2n) is 4.90. The van der Waals surface area contributed by atoms with Gasteiger partial charge in [0.25, 0.3) is 0 Å². The van der Waals surface area contributed by atoms with Crippen molar-refractivity contribution >= 4 is 0 Å². The zero-order chi connectivity index (χ0) is 10.7. The van der Waals surface area contributed by atoms with Crippen LogP contribution in [0.15, 0.2) is 0 Å². The molecule has 0 aromatic carbocycles. The van der Waals surface area contributed by atoms with Gasteiger partial charge in [-0.15, -0.1) is 0 Å². The Balaban J connectivity index is 1.62. The summed E-state index contributed by atoms with van der Waals surface area (Å²) in [6.07, 6.45) is 5.74. The van der Waals surface area contributed by atoms with Gasteiger partial charge in [0, 0.05) is 20.8 Å². The van der Waals surface area contributed by atoms with Crippen LogP contribution in [0.1, 0.15) is 25.7 Å². The average Bonchev–Trinajstić information content (AvgIpc) is 3.12. The largest absolute Gasteiger partial charge is 0.355 e. The Morgan fingerprint density at radius 2 is 1.53 bits per heavy atom. The normalized spacial score (nSPS) is 21.6. The fraction of sp³-hybridized carbons (Fsp3) is 1.00. The van der Waals surface area contributed by atoms with Crippen molar-refractivity contribution < 1.29 is 9.47 Å². The van der Waals surface area contributed by atoms with Gasteiger partial charge in [0.2, 0.25) is 0 Å². The molecule has 0 atom stereocenters. The molecule has 2 aliphatic rings. The van der Waals surface area contributed by atoms with Crippen molar-refractivity contribution in [2.75, 3.05) is 27.3 Å². The maximum absolute atomic E-state index is 5.15. The second-order valence-corrected chi connectivity index (χ2v) is 4.90. The number of ether oxygens (including phenoxy) is 2. The topological polar surface area (TPSA) is 30.5 Å². The van der Waals surface area contributed by atoms with Gasteiger partial charge in [-0.05, 0) is 50.0 Å². The summed E-state index contributed by atoms with van der Waals surface area (Å²) >= 11 is 0. The summed E-state index contributed by atoms with van der Waals surface area (Å²) in [5.41, 5.74) is 0. The minimum absolute atomic E-state index is 0.0935. The SMILES string of the molecule is COC(CNCC(C1CC1)C1CC1)OC. The highest BCUT2D eigenvalue weighted by molar-refractivity contribution is 4.92. The molecule has 3 nitrogen and oxygen atoms in total. The van der Waals surface area contributed by atoms with Crippen LogP contribution in [-0.2, 0) is 9.47 Å². The van der Waals surface area contributed by atoms with E-state index in [1.54, 1.807) is 14.2 Å². The first-order chi connectivity index (χ1) is 7.35. The molecule has 2 saturated carbocycles. The number of hydrogen-bond donors (Lipinski definition) is 1. The maximum Gasteiger partial charge on any atom is 0.169 e. The molecule has 0 spiro atoms. The van der Waals surface area contributed by atoms with Gasteiger partial charge in [0.05, 0.1) is 0 Å². The third-order valence-corrected chi connectivity index (χ3v) is 3.67. The van der Waals surface area contributed by atoms with Crippen LogP contribution in [0.5, 0.6) is 0 Å². The van der Waals surface area contributed by atoms with E-state index in [9.17, 15) is 0 Å². The molecule has 0 aliphatic heterocycles. The standard InChI is InChI=1S/C12H23NO2/c1-14-12(15-2)8-13-7-11(9-3-4-9)10-5-6-10/h9-13H,3-8H2,1-2H3. The molecular formula is C12H23NO2. The van der Waals surface area contributed by atoms with Crippen LogP contribution in [-0.4, -0.2) is 33.6 Å². The lowest BCUT2D eigenvalue weighted by atomic mass is 9.98. The van der Waals surface area contributed by atoms with Gasteiger partial charge in [0.15, 0.2) is 6.29 Å². The van der Waals surface area contributed by atoms with E-state index in [1.807, 2.05) is 0 Å². The van der Waals surface area contributed by atoms with Crippen molar-refractivity contribution in [1.29, 1.82) is 0 Å². The van der Waals surface area contributed by atoms with Crippen LogP contribution in [0, 0.1) is 17.8 Å². The molecule has 0 bridgehead atoms. The molecular weight excluding hydrogens is 190 g/mol. The number of hydrogen-bond acceptors (Lipinski definition) is 3. The zero-order valence-corrected chi connectivity index (χ0v) is 9.87. The molecule has 0 saturated heterocycles. The number of nitrogens with one attached hydrogen (secondary N) is 1. The van der Waals surface area contributed by atoms with Crippen LogP contribution in [0.25, 0.3) is 0 Å². The first-order valence-electron chi connectivity index (χ1n) is 6.11. The third kappa shape index (κ3) is 3.44. The van der Waals surface area contributed by atoms with E-state index in [0.29, 0.717) is 0 Å². The van der Waals surface area contributed by atoms with E-state index in [2.05, 4.69) is 5.32 Å². The zero-order valence-electron chi connectivity index (χ0n) is 9.87. The van der Waals surface area contributed by atoms with Gasteiger partial charge < -0.3 is 14.8 Å². The summed E-state index contributed by atoms with van der Waals surface area (Å²) in [4.78, 5) is 0. The summed E-state index contributed by atoms with van der Waals surface area (Å²) in [5, 5.41) is 3.48. The molecule has 1 N–H and O–H groups in total. The molecule has 2 fully saturated rings. The van der Waals surface area contributed by atoms with Crippen LogP contribution in [0.4, 0.5) is 0 Å². The van der Waals surface area contributed by atoms with Crippen molar-refractivity contribution in [3.63, 3.8) is 0 Å². The summed E-state index contributed by atoms with van der Waals surface area (Å²) in [6, 6.07) is 0. The van der Waals surface area contributed by atoms with Gasteiger partial charge in [-0.3, -0.25) is 0 Å². The molecule has 0 amide bonds. The van der Waals surface area contributed by atoms with Crippen molar-refractivity contribution in [1.82, 2.24) is 5.32 Å². The fourth-order valence-corrected chi connectivity index (χ4v) is 2.40. The fourth-order valence-electron chi connectivity index (χ4n) is 2.40. The Labute approximate surface area is 92.5 Å². The van der Waals surface area contributed by atoms with Crippen LogP contribution < -0.4 is 5.32 Å². The highest BCUT2D eigenvalue weighted by atomic mass is 16.7. The second kappa shape index (κ2) is 5.28. The maximum atomic E-state index is 5.15. The Morgan fingerprint density at radius 3 is 1.93 bits per heavy atom. The molecule has 0 heterocycles. The molecule has 15 heavy (non-hydrogen) atoms. The van der Waals surface area contributed by atoms with Gasteiger partial charge in [-0.2, -0.15) is 0 Å². The Morgan fingerprint density at radius 1 is 1.00 bits per heavy atom. The van der Waals surface area contributed by atoms with E-state index in [0.717, 1.165) is 30.8 Å². The van der Waals surface area contributed by atoms with Crippen LogP contribution in [0.2, 0.25) is 0 Å². The van der Waals surface area contributed by atoms with Gasteiger partial charge in [-0.25, -0.2) is 0 Å². The average molecular weight is 213 g/mol. The summed E-state index contributed by atoms with van der Waals surface area (Å²) < 4.78 is 10.3. The Kier molecular flexibility index (Phi) is 4.00. The van der Waals surface area contributed by atoms with Crippen molar-refractivity contribution in [2.45, 2.75) is 32.0 Å². The molecule has 2 rings (SSSR count). The smallest absolute Gasteiger partial charge is 0.169 e. The number of methoxy groups -OCH3 is 2. The summed E-state index contributed by atoms with van der Waals surface area (Å²) in [6.45, 7) is 1.96. The predicted molar refractivity (Wildman–Crippen MR) is 59.6 cm³/mol. The monoisotopic (exact) mass is 213 g/mol. The predicted octanol–water partition coefficient (Wildman–Crippen LogP) is 1.63. The van der Waals surface area contributed by atoms with Crippen molar-refractivity contribution in [3.8, 4) is 0 Å². The lowest BCUT2D eigenvalue weighted by molar-refractivity contribution is -0.0991. The van der Waals surface area contributed by atoms with Crippen LogP contribution >= 0.6 is 0 Å². The van der Waals surface area contributed by atoms with Crippen LogP contribution in [0.3, 0.4) is 0 Å². The summed E-state index contributed by atoms with van der Waals surface area (Å²) in [7, 11) is 3.38. The lowest BCUT2D eigenvalue weighted by Gasteiger charge is -2.19. The Hall–Kier alpha value is -0.120. The van der Waals surface area contributed by atoms with E-state index in [-0.39, 0.29) is 6.29 Å². The van der Waals surface area contributed by atoms with E-state index < -0.39 is 0 Å². The summed E-state index contributed by atoms with van der Waals surface area (Å²) in [5.74, 6) is 2.97. The molecule has 0 aromatic heterocycles. The molecule has 0 aromatic rings.